The fourth-order valence-electron chi connectivity index (χ4n) is 3.28. The maximum Gasteiger partial charge on any atom is 0.341 e. The highest BCUT2D eigenvalue weighted by Crippen LogP contribution is 2.19. The average Bonchev–Trinajstić information content (AvgIpc) is 3.21. The summed E-state index contributed by atoms with van der Waals surface area (Å²) in [7, 11) is -4.68. The van der Waals surface area contributed by atoms with Gasteiger partial charge in [-0.25, -0.2) is 13.4 Å². The highest BCUT2D eigenvalue weighted by molar-refractivity contribution is 7.91. The van der Waals surface area contributed by atoms with Crippen LogP contribution in [0.5, 0.6) is 0 Å². The number of hydrogen-bond acceptors (Lipinski definition) is 4. The van der Waals surface area contributed by atoms with Crippen LogP contribution in [0.4, 0.5) is 8.78 Å². The maximum atomic E-state index is 12.6. The van der Waals surface area contributed by atoms with Gasteiger partial charge in [0.1, 0.15) is 0 Å². The summed E-state index contributed by atoms with van der Waals surface area (Å²) >= 11 is 0. The van der Waals surface area contributed by atoms with Crippen LogP contribution >= 0.6 is 0 Å². The minimum absolute atomic E-state index is 0.182. The van der Waals surface area contributed by atoms with E-state index in [-0.39, 0.29) is 12.1 Å². The number of nitrogens with one attached hydrogen (secondary N) is 1. The van der Waals surface area contributed by atoms with Crippen molar-refractivity contribution in [3.63, 3.8) is 0 Å². The fourth-order valence-corrected chi connectivity index (χ4v) is 4.00. The molecule has 0 unspecified atom stereocenters. The molecule has 32 heavy (non-hydrogen) atoms. The van der Waals surface area contributed by atoms with E-state index in [0.29, 0.717) is 6.54 Å². The molecule has 1 aromatic heterocycles. The smallest absolute Gasteiger partial charge is 0.341 e. The lowest BCUT2D eigenvalue weighted by Crippen LogP contribution is -2.23. The quantitative estimate of drug-likeness (QED) is 0.457. The van der Waals surface area contributed by atoms with Gasteiger partial charge < -0.3 is 9.88 Å². The molecule has 0 aliphatic carbocycles. The largest absolute Gasteiger partial charge is 0.348 e. The normalized spacial score (nSPS) is 11.7. The fraction of sp³-hybridized carbons (Fsp3) is 0.130. The van der Waals surface area contributed by atoms with Crippen molar-refractivity contribution >= 4 is 26.8 Å². The molecule has 0 radical (unpaired) electrons. The number of sulfone groups is 1. The van der Waals surface area contributed by atoms with Crippen molar-refractivity contribution in [2.75, 3.05) is 0 Å². The Morgan fingerprint density at radius 2 is 1.59 bits per heavy atom. The van der Waals surface area contributed by atoms with E-state index in [9.17, 15) is 22.0 Å². The van der Waals surface area contributed by atoms with Crippen LogP contribution in [0.25, 0.3) is 11.0 Å². The molecule has 0 saturated heterocycles. The number of hydrogen-bond donors (Lipinski definition) is 1. The molecule has 1 heterocycles. The number of imidazole rings is 1. The Balaban J connectivity index is 1.36. The summed E-state index contributed by atoms with van der Waals surface area (Å²) in [6.45, 7) is 0.936. The molecule has 9 heteroatoms. The zero-order chi connectivity index (χ0) is 22.7. The molecule has 1 amide bonds. The zero-order valence-corrected chi connectivity index (χ0v) is 17.6. The van der Waals surface area contributed by atoms with E-state index < -0.39 is 26.4 Å². The number of rotatable bonds is 7. The number of amides is 1. The molecule has 0 aliphatic heterocycles. The van der Waals surface area contributed by atoms with E-state index >= 15 is 0 Å². The maximum absolute atomic E-state index is 12.6. The van der Waals surface area contributed by atoms with Crippen molar-refractivity contribution in [1.29, 1.82) is 0 Å². The van der Waals surface area contributed by atoms with E-state index in [2.05, 4.69) is 14.9 Å². The summed E-state index contributed by atoms with van der Waals surface area (Å²) < 4.78 is 50.2. The number of carbonyl (C=O) groups excluding carboxylic acids is 1. The van der Waals surface area contributed by atoms with E-state index in [4.69, 9.17) is 0 Å². The molecule has 4 aromatic rings. The minimum atomic E-state index is -4.68. The molecule has 164 valence electrons. The molecule has 0 bridgehead atoms. The monoisotopic (exact) mass is 455 g/mol. The molecular weight excluding hydrogens is 436 g/mol. The molecule has 1 N–H and O–H groups in total. The average molecular weight is 455 g/mol. The Labute approximate surface area is 183 Å². The summed E-state index contributed by atoms with van der Waals surface area (Å²) in [5, 5.41) is 2.73. The first-order chi connectivity index (χ1) is 15.3. The molecular formula is C23H19F2N3O3S. The van der Waals surface area contributed by atoms with Gasteiger partial charge in [0.15, 0.2) is 0 Å². The molecule has 6 nitrogen and oxygen atoms in total. The van der Waals surface area contributed by atoms with E-state index in [1.165, 1.54) is 12.1 Å². The Bertz CT molecular complexity index is 1350. The van der Waals surface area contributed by atoms with Gasteiger partial charge in [0, 0.05) is 18.7 Å². The number of halogens is 2. The number of nitrogens with zero attached hydrogens (tertiary/aromatic N) is 2. The van der Waals surface area contributed by atoms with Crippen LogP contribution in [-0.4, -0.2) is 29.6 Å². The number of fused-ring (bicyclic) bond motifs is 1. The third-order valence-electron chi connectivity index (χ3n) is 5.04. The van der Waals surface area contributed by atoms with Gasteiger partial charge in [-0.15, -0.1) is 0 Å². The first-order valence-electron chi connectivity index (χ1n) is 9.72. The highest BCUT2D eigenvalue weighted by atomic mass is 32.2. The van der Waals surface area contributed by atoms with Crippen LogP contribution in [0.1, 0.15) is 21.5 Å². The second-order valence-electron chi connectivity index (χ2n) is 7.19. The van der Waals surface area contributed by atoms with Gasteiger partial charge in [-0.2, -0.15) is 8.78 Å². The van der Waals surface area contributed by atoms with Crippen LogP contribution < -0.4 is 5.32 Å². The summed E-state index contributed by atoms with van der Waals surface area (Å²) in [5.74, 6) is -3.93. The van der Waals surface area contributed by atoms with Crippen molar-refractivity contribution in [1.82, 2.24) is 14.9 Å². The number of aromatic nitrogens is 2. The summed E-state index contributed by atoms with van der Waals surface area (Å²) in [5.41, 5.74) is 4.14. The predicted molar refractivity (Wildman–Crippen MR) is 116 cm³/mol. The van der Waals surface area contributed by atoms with Gasteiger partial charge in [0.25, 0.3) is 5.91 Å². The van der Waals surface area contributed by atoms with Crippen LogP contribution in [0, 0.1) is 0 Å². The Morgan fingerprint density at radius 3 is 2.28 bits per heavy atom. The second kappa shape index (κ2) is 8.88. The lowest BCUT2D eigenvalue weighted by molar-refractivity contribution is 0.0951. The molecule has 4 rings (SSSR count). The van der Waals surface area contributed by atoms with E-state index in [1.54, 1.807) is 6.33 Å². The minimum Gasteiger partial charge on any atom is -0.348 e. The standard InChI is InChI=1S/C23H19F2N3O3S/c24-23(25)32(30,31)19-11-9-18(10-12-19)22(29)26-13-16-5-7-17(8-6-16)14-28-15-27-20-3-1-2-4-21(20)28/h1-12,15,23H,13-14H2,(H,26,29). The first-order valence-corrected chi connectivity index (χ1v) is 11.3. The lowest BCUT2D eigenvalue weighted by Gasteiger charge is -2.09. The third-order valence-corrected chi connectivity index (χ3v) is 6.43. The number of benzene rings is 3. The summed E-state index contributed by atoms with van der Waals surface area (Å²) in [6, 6.07) is 20.1. The van der Waals surface area contributed by atoms with Crippen molar-refractivity contribution in [3.8, 4) is 0 Å². The van der Waals surface area contributed by atoms with E-state index in [0.717, 1.165) is 34.3 Å². The number of alkyl halides is 2. The van der Waals surface area contributed by atoms with Gasteiger partial charge in [0.05, 0.1) is 22.3 Å². The highest BCUT2D eigenvalue weighted by Gasteiger charge is 2.26. The molecule has 0 saturated carbocycles. The topological polar surface area (TPSA) is 81.1 Å². The summed E-state index contributed by atoms with van der Waals surface area (Å²) in [4.78, 5) is 16.2. The van der Waals surface area contributed by atoms with Gasteiger partial charge in [0.2, 0.25) is 9.84 Å². The van der Waals surface area contributed by atoms with Crippen molar-refractivity contribution < 1.29 is 22.0 Å². The molecule has 0 spiro atoms. The Morgan fingerprint density at radius 1 is 0.938 bits per heavy atom. The molecule has 0 atom stereocenters. The van der Waals surface area contributed by atoms with Gasteiger partial charge in [-0.05, 0) is 47.5 Å². The van der Waals surface area contributed by atoms with Gasteiger partial charge in [-0.1, -0.05) is 36.4 Å². The SMILES string of the molecule is O=C(NCc1ccc(Cn2cnc3ccccc32)cc1)c1ccc(S(=O)(=O)C(F)F)cc1. The Kier molecular flexibility index (Phi) is 6.00. The lowest BCUT2D eigenvalue weighted by atomic mass is 10.1. The van der Waals surface area contributed by atoms with Crippen LogP contribution in [0.2, 0.25) is 0 Å². The number of para-hydroxylation sites is 2. The zero-order valence-electron chi connectivity index (χ0n) is 16.8. The molecule has 3 aromatic carbocycles. The van der Waals surface area contributed by atoms with Crippen LogP contribution in [-0.2, 0) is 22.9 Å². The van der Waals surface area contributed by atoms with Crippen LogP contribution in [0.15, 0.2) is 84.0 Å². The van der Waals surface area contributed by atoms with Crippen molar-refractivity contribution in [3.05, 3.63) is 95.8 Å². The van der Waals surface area contributed by atoms with E-state index in [1.807, 2.05) is 48.5 Å². The second-order valence-corrected chi connectivity index (χ2v) is 9.11. The number of carbonyl (C=O) groups is 1. The van der Waals surface area contributed by atoms with Crippen molar-refractivity contribution in [2.24, 2.45) is 0 Å². The van der Waals surface area contributed by atoms with Crippen molar-refractivity contribution in [2.45, 2.75) is 23.7 Å². The molecule has 0 aliphatic rings. The summed E-state index contributed by atoms with van der Waals surface area (Å²) in [6.07, 6.45) is 1.80. The van der Waals surface area contributed by atoms with Gasteiger partial charge in [-0.3, -0.25) is 4.79 Å². The van der Waals surface area contributed by atoms with Gasteiger partial charge >= 0.3 is 5.76 Å². The first kappa shape index (κ1) is 21.6. The Hall–Kier alpha value is -3.59. The predicted octanol–water partition coefficient (Wildman–Crippen LogP) is 4.01. The van der Waals surface area contributed by atoms with Crippen LogP contribution in [0.3, 0.4) is 0 Å². The third kappa shape index (κ3) is 4.52. The molecule has 0 fully saturated rings.